The predicted molar refractivity (Wildman–Crippen MR) is 110 cm³/mol. The molecule has 2 aromatic rings. The van der Waals surface area contributed by atoms with Gasteiger partial charge in [0.1, 0.15) is 24.7 Å². The van der Waals surface area contributed by atoms with Crippen LogP contribution in [0.25, 0.3) is 0 Å². The lowest BCUT2D eigenvalue weighted by Crippen LogP contribution is -2.26. The molecule has 0 saturated carbocycles. The maximum absolute atomic E-state index is 9.91. The van der Waals surface area contributed by atoms with E-state index in [0.29, 0.717) is 49.3 Å². The van der Waals surface area contributed by atoms with Gasteiger partial charge in [-0.15, -0.1) is 0 Å². The Kier molecular flexibility index (Phi) is 8.26. The van der Waals surface area contributed by atoms with E-state index in [1.54, 1.807) is 20.3 Å². The minimum atomic E-state index is 0.277. The maximum Gasteiger partial charge on any atom is 0.203 e. The number of ether oxygens (including phenoxy) is 4. The van der Waals surface area contributed by atoms with Crippen molar-refractivity contribution in [3.63, 3.8) is 0 Å². The molecule has 28 heavy (non-hydrogen) atoms. The zero-order chi connectivity index (χ0) is 20.5. The Bertz CT molecular complexity index is 739. The summed E-state index contributed by atoms with van der Waals surface area (Å²) in [6.07, 6.45) is 0. The molecule has 0 saturated heterocycles. The zero-order valence-corrected chi connectivity index (χ0v) is 17.4. The molecule has 2 rings (SSSR count). The van der Waals surface area contributed by atoms with E-state index in [0.717, 1.165) is 16.9 Å². The summed E-state index contributed by atoms with van der Waals surface area (Å²) in [5, 5.41) is 13.2. The van der Waals surface area contributed by atoms with E-state index in [2.05, 4.69) is 19.2 Å². The first-order chi connectivity index (χ1) is 13.5. The number of hydrogen-bond donors (Lipinski definition) is 2. The van der Waals surface area contributed by atoms with Crippen LogP contribution in [0.15, 0.2) is 30.3 Å². The first-order valence-corrected chi connectivity index (χ1v) is 9.48. The number of aromatic hydroxyl groups is 1. The van der Waals surface area contributed by atoms with Crippen LogP contribution >= 0.6 is 0 Å². The van der Waals surface area contributed by atoms with Crippen LogP contribution in [0.1, 0.15) is 30.9 Å². The van der Waals surface area contributed by atoms with Crippen LogP contribution in [0.2, 0.25) is 0 Å². The average Bonchev–Trinajstić information content (AvgIpc) is 2.69. The molecular weight excluding hydrogens is 358 g/mol. The highest BCUT2D eigenvalue weighted by Gasteiger charge is 2.12. The van der Waals surface area contributed by atoms with Crippen molar-refractivity contribution < 1.29 is 24.1 Å². The molecule has 0 aliphatic rings. The van der Waals surface area contributed by atoms with Crippen LogP contribution in [0, 0.1) is 6.92 Å². The fraction of sp³-hybridized carbons (Fsp3) is 0.455. The SMILES string of the molecule is COc1cccc(OC)c1OCCNCCOc1cc(C)c(O)cc1C(C)C. The molecule has 0 bridgehead atoms. The molecule has 0 aliphatic carbocycles. The summed E-state index contributed by atoms with van der Waals surface area (Å²) in [4.78, 5) is 0. The van der Waals surface area contributed by atoms with Gasteiger partial charge < -0.3 is 29.4 Å². The quantitative estimate of drug-likeness (QED) is 0.568. The number of rotatable bonds is 11. The van der Waals surface area contributed by atoms with E-state index in [1.165, 1.54) is 0 Å². The third kappa shape index (κ3) is 5.70. The van der Waals surface area contributed by atoms with E-state index in [9.17, 15) is 5.11 Å². The normalized spacial score (nSPS) is 10.8. The number of benzene rings is 2. The largest absolute Gasteiger partial charge is 0.508 e. The molecule has 0 atom stereocenters. The van der Waals surface area contributed by atoms with Crippen molar-refractivity contribution in [2.75, 3.05) is 40.5 Å². The smallest absolute Gasteiger partial charge is 0.203 e. The molecular formula is C22H31NO5. The van der Waals surface area contributed by atoms with Gasteiger partial charge in [0.25, 0.3) is 0 Å². The van der Waals surface area contributed by atoms with Gasteiger partial charge in [0.2, 0.25) is 5.75 Å². The van der Waals surface area contributed by atoms with Gasteiger partial charge in [-0.2, -0.15) is 0 Å². The van der Waals surface area contributed by atoms with Gasteiger partial charge in [-0.05, 0) is 42.7 Å². The van der Waals surface area contributed by atoms with E-state index < -0.39 is 0 Å². The molecule has 0 heterocycles. The predicted octanol–water partition coefficient (Wildman–Crippen LogP) is 3.89. The Morgan fingerprint density at radius 1 is 0.929 bits per heavy atom. The molecule has 0 fully saturated rings. The van der Waals surface area contributed by atoms with Crippen molar-refractivity contribution in [2.45, 2.75) is 26.7 Å². The number of methoxy groups -OCH3 is 2. The third-order valence-corrected chi connectivity index (χ3v) is 4.39. The van der Waals surface area contributed by atoms with Crippen LogP contribution in [0.3, 0.4) is 0 Å². The fourth-order valence-electron chi connectivity index (χ4n) is 2.81. The summed E-state index contributed by atoms with van der Waals surface area (Å²) >= 11 is 0. The number of hydrogen-bond acceptors (Lipinski definition) is 6. The highest BCUT2D eigenvalue weighted by Crippen LogP contribution is 2.36. The lowest BCUT2D eigenvalue weighted by atomic mass is 10.00. The number of nitrogens with one attached hydrogen (secondary N) is 1. The maximum atomic E-state index is 9.91. The highest BCUT2D eigenvalue weighted by molar-refractivity contribution is 5.51. The van der Waals surface area contributed by atoms with Crippen LogP contribution < -0.4 is 24.3 Å². The fourth-order valence-corrected chi connectivity index (χ4v) is 2.81. The van der Waals surface area contributed by atoms with Crippen molar-refractivity contribution in [1.82, 2.24) is 5.32 Å². The molecule has 6 heteroatoms. The topological polar surface area (TPSA) is 69.2 Å². The van der Waals surface area contributed by atoms with Crippen LogP contribution in [-0.4, -0.2) is 45.6 Å². The Balaban J connectivity index is 1.77. The second-order valence-corrected chi connectivity index (χ2v) is 6.77. The van der Waals surface area contributed by atoms with Gasteiger partial charge in [-0.3, -0.25) is 0 Å². The summed E-state index contributed by atoms with van der Waals surface area (Å²) in [5.41, 5.74) is 1.82. The molecule has 0 aliphatic heterocycles. The molecule has 6 nitrogen and oxygen atoms in total. The molecule has 2 aromatic carbocycles. The van der Waals surface area contributed by atoms with Crippen molar-refractivity contribution >= 4 is 0 Å². The second kappa shape index (κ2) is 10.7. The van der Waals surface area contributed by atoms with Gasteiger partial charge >= 0.3 is 0 Å². The first-order valence-electron chi connectivity index (χ1n) is 9.48. The third-order valence-electron chi connectivity index (χ3n) is 4.39. The molecule has 0 unspecified atom stereocenters. The van der Waals surface area contributed by atoms with E-state index >= 15 is 0 Å². The second-order valence-electron chi connectivity index (χ2n) is 6.77. The van der Waals surface area contributed by atoms with Crippen LogP contribution in [0.4, 0.5) is 0 Å². The van der Waals surface area contributed by atoms with Crippen molar-refractivity contribution in [1.29, 1.82) is 0 Å². The zero-order valence-electron chi connectivity index (χ0n) is 17.4. The Morgan fingerprint density at radius 3 is 2.11 bits per heavy atom. The number of aryl methyl sites for hydroxylation is 1. The Labute approximate surface area is 167 Å². The van der Waals surface area contributed by atoms with Gasteiger partial charge in [-0.25, -0.2) is 0 Å². The number of phenols is 1. The summed E-state index contributed by atoms with van der Waals surface area (Å²) in [5.74, 6) is 3.30. The summed E-state index contributed by atoms with van der Waals surface area (Å²) in [7, 11) is 3.21. The highest BCUT2D eigenvalue weighted by atomic mass is 16.5. The van der Waals surface area contributed by atoms with Crippen molar-refractivity contribution in [3.05, 3.63) is 41.5 Å². The first kappa shape index (κ1) is 21.7. The van der Waals surface area contributed by atoms with Crippen molar-refractivity contribution in [2.24, 2.45) is 0 Å². The number of para-hydroxylation sites is 1. The Morgan fingerprint density at radius 2 is 1.54 bits per heavy atom. The summed E-state index contributed by atoms with van der Waals surface area (Å²) < 4.78 is 22.4. The lowest BCUT2D eigenvalue weighted by molar-refractivity contribution is 0.265. The van der Waals surface area contributed by atoms with Gasteiger partial charge in [0.15, 0.2) is 11.5 Å². The minimum absolute atomic E-state index is 0.277. The lowest BCUT2D eigenvalue weighted by Gasteiger charge is -2.16. The van der Waals surface area contributed by atoms with Gasteiger partial charge in [-0.1, -0.05) is 19.9 Å². The van der Waals surface area contributed by atoms with E-state index in [1.807, 2.05) is 31.2 Å². The summed E-state index contributed by atoms with van der Waals surface area (Å²) in [6, 6.07) is 9.21. The van der Waals surface area contributed by atoms with Crippen molar-refractivity contribution in [3.8, 4) is 28.7 Å². The average molecular weight is 389 g/mol. The monoisotopic (exact) mass is 389 g/mol. The molecule has 154 valence electrons. The molecule has 0 aromatic heterocycles. The van der Waals surface area contributed by atoms with E-state index in [4.69, 9.17) is 18.9 Å². The molecule has 0 spiro atoms. The van der Waals surface area contributed by atoms with Gasteiger partial charge in [0, 0.05) is 18.7 Å². The van der Waals surface area contributed by atoms with Crippen LogP contribution in [0.5, 0.6) is 28.7 Å². The van der Waals surface area contributed by atoms with Gasteiger partial charge in [0.05, 0.1) is 14.2 Å². The standard InChI is InChI=1S/C22H31NO5/c1-15(2)17-14-18(24)16(3)13-21(17)27-11-9-23-10-12-28-22-19(25-4)7-6-8-20(22)26-5/h6-8,13-15,23-24H,9-12H2,1-5H3. The summed E-state index contributed by atoms with van der Waals surface area (Å²) in [6.45, 7) is 8.39. The molecule has 0 radical (unpaired) electrons. The molecule has 2 N–H and O–H groups in total. The molecule has 0 amide bonds. The van der Waals surface area contributed by atoms with Crippen LogP contribution in [-0.2, 0) is 0 Å². The Hall–Kier alpha value is -2.60. The number of phenolic OH excluding ortho intramolecular Hbond substituents is 1. The minimum Gasteiger partial charge on any atom is -0.508 e. The van der Waals surface area contributed by atoms with E-state index in [-0.39, 0.29) is 5.92 Å².